The summed E-state index contributed by atoms with van der Waals surface area (Å²) in [6.45, 7) is 2.68. The number of unbranched alkanes of at least 4 members (excludes halogenated alkanes) is 2. The smallest absolute Gasteiger partial charge is 0.262 e. The molecule has 1 N–H and O–H groups in total. The maximum atomic E-state index is 13.0. The Hall–Kier alpha value is -1.90. The van der Waals surface area contributed by atoms with Gasteiger partial charge in [-0.15, -0.1) is 0 Å². The van der Waals surface area contributed by atoms with Gasteiger partial charge in [-0.2, -0.15) is 0 Å². The van der Waals surface area contributed by atoms with Crippen LogP contribution >= 0.6 is 39.3 Å². The van der Waals surface area contributed by atoms with Crippen molar-refractivity contribution in [3.05, 3.63) is 56.5 Å². The zero-order chi connectivity index (χ0) is 20.8. The maximum absolute atomic E-state index is 13.0. The summed E-state index contributed by atoms with van der Waals surface area (Å²) in [5.41, 5.74) is 0.977. The summed E-state index contributed by atoms with van der Waals surface area (Å²) >= 11 is 10.6. The molecule has 0 saturated carbocycles. The Morgan fingerprint density at radius 3 is 2.90 bits per heavy atom. The molecule has 0 saturated heterocycles. The van der Waals surface area contributed by atoms with Gasteiger partial charge in [0.15, 0.2) is 10.3 Å². The lowest BCUT2D eigenvalue weighted by Crippen LogP contribution is -2.24. The van der Waals surface area contributed by atoms with Crippen LogP contribution in [0.2, 0.25) is 5.15 Å². The van der Waals surface area contributed by atoms with Crippen LogP contribution in [0.4, 0.5) is 5.69 Å². The number of carbonyl (C=O) groups excluding carboxylic acids is 1. The van der Waals surface area contributed by atoms with Crippen molar-refractivity contribution in [1.29, 1.82) is 0 Å². The number of benzene rings is 1. The van der Waals surface area contributed by atoms with E-state index in [1.165, 1.54) is 11.8 Å². The molecule has 0 radical (unpaired) electrons. The second-order valence-corrected chi connectivity index (χ2v) is 8.61. The minimum absolute atomic E-state index is 0.0920. The van der Waals surface area contributed by atoms with Crippen LogP contribution in [0.15, 0.2) is 51.0 Å². The van der Waals surface area contributed by atoms with E-state index in [0.717, 1.165) is 23.7 Å². The van der Waals surface area contributed by atoms with Crippen molar-refractivity contribution in [2.45, 2.75) is 37.9 Å². The molecule has 0 aliphatic rings. The van der Waals surface area contributed by atoms with Crippen molar-refractivity contribution in [3.8, 4) is 0 Å². The SMILES string of the molecule is CCCCCn1c(SCC(=O)Nc2cccnc2Cl)nc2ccc(Br)cc2c1=O. The van der Waals surface area contributed by atoms with Crippen LogP contribution < -0.4 is 10.9 Å². The van der Waals surface area contributed by atoms with Gasteiger partial charge >= 0.3 is 0 Å². The van der Waals surface area contributed by atoms with E-state index in [4.69, 9.17) is 11.6 Å². The molecule has 9 heteroatoms. The summed E-state index contributed by atoms with van der Waals surface area (Å²) in [5.74, 6) is -0.136. The van der Waals surface area contributed by atoms with Gasteiger partial charge in [-0.1, -0.05) is 59.1 Å². The molecule has 2 heterocycles. The molecule has 3 rings (SSSR count). The summed E-state index contributed by atoms with van der Waals surface area (Å²) in [5, 5.41) is 4.07. The molecule has 0 aliphatic heterocycles. The lowest BCUT2D eigenvalue weighted by molar-refractivity contribution is -0.113. The van der Waals surface area contributed by atoms with Crippen LogP contribution in [-0.4, -0.2) is 26.2 Å². The normalized spacial score (nSPS) is 11.0. The van der Waals surface area contributed by atoms with E-state index in [1.54, 1.807) is 35.0 Å². The summed E-state index contributed by atoms with van der Waals surface area (Å²) in [7, 11) is 0. The number of fused-ring (bicyclic) bond motifs is 1. The Balaban J connectivity index is 1.83. The predicted molar refractivity (Wildman–Crippen MR) is 122 cm³/mol. The topological polar surface area (TPSA) is 76.9 Å². The highest BCUT2D eigenvalue weighted by Crippen LogP contribution is 2.22. The van der Waals surface area contributed by atoms with E-state index < -0.39 is 0 Å². The molecule has 0 unspecified atom stereocenters. The van der Waals surface area contributed by atoms with Crippen LogP contribution in [0.3, 0.4) is 0 Å². The molecule has 0 spiro atoms. The third-order valence-electron chi connectivity index (χ3n) is 4.23. The molecule has 0 fully saturated rings. The molecular formula is C20H20BrClN4O2S. The molecule has 1 aromatic carbocycles. The fraction of sp³-hybridized carbons (Fsp3) is 0.300. The number of nitrogens with one attached hydrogen (secondary N) is 1. The molecule has 0 aliphatic carbocycles. The van der Waals surface area contributed by atoms with Gasteiger partial charge in [0.25, 0.3) is 5.56 Å². The maximum Gasteiger partial charge on any atom is 0.262 e. The van der Waals surface area contributed by atoms with E-state index in [9.17, 15) is 9.59 Å². The van der Waals surface area contributed by atoms with E-state index in [-0.39, 0.29) is 22.4 Å². The first-order chi connectivity index (χ1) is 14.0. The molecule has 6 nitrogen and oxygen atoms in total. The zero-order valence-corrected chi connectivity index (χ0v) is 19.0. The minimum atomic E-state index is -0.241. The number of hydrogen-bond acceptors (Lipinski definition) is 5. The van der Waals surface area contributed by atoms with Crippen molar-refractivity contribution in [2.75, 3.05) is 11.1 Å². The highest BCUT2D eigenvalue weighted by Gasteiger charge is 2.14. The van der Waals surface area contributed by atoms with Crippen LogP contribution in [0, 0.1) is 0 Å². The Morgan fingerprint density at radius 2 is 2.14 bits per heavy atom. The highest BCUT2D eigenvalue weighted by molar-refractivity contribution is 9.10. The number of rotatable bonds is 8. The molecule has 0 atom stereocenters. The Morgan fingerprint density at radius 1 is 1.31 bits per heavy atom. The number of hydrogen-bond donors (Lipinski definition) is 1. The Labute approximate surface area is 186 Å². The van der Waals surface area contributed by atoms with E-state index in [2.05, 4.69) is 38.1 Å². The van der Waals surface area contributed by atoms with Crippen LogP contribution in [0.25, 0.3) is 10.9 Å². The van der Waals surface area contributed by atoms with Crippen LogP contribution in [-0.2, 0) is 11.3 Å². The van der Waals surface area contributed by atoms with E-state index in [0.29, 0.717) is 28.3 Å². The van der Waals surface area contributed by atoms with Crippen LogP contribution in [0.5, 0.6) is 0 Å². The quantitative estimate of drug-likeness (QED) is 0.203. The van der Waals surface area contributed by atoms with Gasteiger partial charge in [-0.05, 0) is 36.8 Å². The van der Waals surface area contributed by atoms with Crippen molar-refractivity contribution in [2.24, 2.45) is 0 Å². The molecular weight excluding hydrogens is 476 g/mol. The molecule has 1 amide bonds. The van der Waals surface area contributed by atoms with Crippen molar-refractivity contribution in [1.82, 2.24) is 14.5 Å². The summed E-state index contributed by atoms with van der Waals surface area (Å²) < 4.78 is 2.50. The number of halogens is 2. The van der Waals surface area contributed by atoms with Gasteiger partial charge in [0.1, 0.15) is 0 Å². The van der Waals surface area contributed by atoms with Gasteiger partial charge in [0.2, 0.25) is 5.91 Å². The number of anilines is 1. The van der Waals surface area contributed by atoms with Gasteiger partial charge < -0.3 is 5.32 Å². The van der Waals surface area contributed by atoms with Gasteiger partial charge in [-0.25, -0.2) is 9.97 Å². The predicted octanol–water partition coefficient (Wildman–Crippen LogP) is 5.13. The van der Waals surface area contributed by atoms with E-state index >= 15 is 0 Å². The number of carbonyl (C=O) groups is 1. The van der Waals surface area contributed by atoms with Gasteiger partial charge in [0, 0.05) is 17.2 Å². The molecule has 2 aromatic heterocycles. The Bertz CT molecular complexity index is 1090. The fourth-order valence-electron chi connectivity index (χ4n) is 2.80. The average Bonchev–Trinajstić information content (AvgIpc) is 2.70. The lowest BCUT2D eigenvalue weighted by Gasteiger charge is -2.13. The average molecular weight is 496 g/mol. The number of thioether (sulfide) groups is 1. The second-order valence-electron chi connectivity index (χ2n) is 6.40. The third kappa shape index (κ3) is 5.58. The van der Waals surface area contributed by atoms with Gasteiger partial charge in [0.05, 0.1) is 22.3 Å². The van der Waals surface area contributed by atoms with Crippen molar-refractivity contribution >= 4 is 61.8 Å². The first kappa shape index (κ1) is 21.8. The standard InChI is InChI=1S/C20H20BrClN4O2S/c1-2-3-4-10-26-19(28)14-11-13(21)7-8-15(14)25-20(26)29-12-17(27)24-16-6-5-9-23-18(16)22/h5-9,11H,2-4,10,12H2,1H3,(H,24,27). The number of nitrogens with zero attached hydrogens (tertiary/aromatic N) is 3. The minimum Gasteiger partial charge on any atom is -0.323 e. The van der Waals surface area contributed by atoms with Crippen molar-refractivity contribution in [3.63, 3.8) is 0 Å². The van der Waals surface area contributed by atoms with E-state index in [1.807, 2.05) is 6.07 Å². The fourth-order valence-corrected chi connectivity index (χ4v) is 4.15. The zero-order valence-electron chi connectivity index (χ0n) is 15.8. The number of aromatic nitrogens is 3. The second kappa shape index (κ2) is 10.2. The first-order valence-corrected chi connectivity index (χ1v) is 11.4. The largest absolute Gasteiger partial charge is 0.323 e. The molecule has 29 heavy (non-hydrogen) atoms. The summed E-state index contributed by atoms with van der Waals surface area (Å²) in [6, 6.07) is 8.82. The highest BCUT2D eigenvalue weighted by atomic mass is 79.9. The van der Waals surface area contributed by atoms with Crippen LogP contribution in [0.1, 0.15) is 26.2 Å². The third-order valence-corrected chi connectivity index (χ3v) is 6.00. The number of pyridine rings is 1. The molecule has 3 aromatic rings. The van der Waals surface area contributed by atoms with Crippen molar-refractivity contribution < 1.29 is 4.79 Å². The Kier molecular flexibility index (Phi) is 7.69. The summed E-state index contributed by atoms with van der Waals surface area (Å²) in [4.78, 5) is 34.0. The lowest BCUT2D eigenvalue weighted by atomic mass is 10.2. The number of amides is 1. The molecule has 0 bridgehead atoms. The van der Waals surface area contributed by atoms with Gasteiger partial charge in [-0.3, -0.25) is 14.2 Å². The monoisotopic (exact) mass is 494 g/mol. The molecule has 152 valence electrons. The summed E-state index contributed by atoms with van der Waals surface area (Å²) in [6.07, 6.45) is 4.51. The first-order valence-electron chi connectivity index (χ1n) is 9.23.